The van der Waals surface area contributed by atoms with Gasteiger partial charge in [0.25, 0.3) is 0 Å². The van der Waals surface area contributed by atoms with Gasteiger partial charge in [-0.1, -0.05) is 68.5 Å². The van der Waals surface area contributed by atoms with E-state index in [2.05, 4.69) is 15.4 Å². The van der Waals surface area contributed by atoms with Gasteiger partial charge in [-0.25, -0.2) is 4.79 Å². The first-order chi connectivity index (χ1) is 13.9. The van der Waals surface area contributed by atoms with E-state index in [0.717, 1.165) is 11.1 Å². The number of rotatable bonds is 7. The van der Waals surface area contributed by atoms with Crippen LogP contribution in [-0.2, 0) is 19.1 Å². The quantitative estimate of drug-likeness (QED) is 0.428. The lowest BCUT2D eigenvalue weighted by Crippen LogP contribution is -2.46. The molecule has 0 spiro atoms. The first kappa shape index (κ1) is 21.9. The maximum atomic E-state index is 12.2. The molecule has 2 rings (SSSR count). The van der Waals surface area contributed by atoms with Gasteiger partial charge in [0, 0.05) is 5.69 Å². The Morgan fingerprint density at radius 2 is 1.48 bits per heavy atom. The van der Waals surface area contributed by atoms with Crippen LogP contribution in [0.1, 0.15) is 31.4 Å². The van der Waals surface area contributed by atoms with Gasteiger partial charge in [0.1, 0.15) is 6.04 Å². The van der Waals surface area contributed by atoms with Crippen molar-refractivity contribution in [1.29, 1.82) is 0 Å². The predicted octanol–water partition coefficient (Wildman–Crippen LogP) is 3.50. The fourth-order valence-corrected chi connectivity index (χ4v) is 2.67. The summed E-state index contributed by atoms with van der Waals surface area (Å²) in [6.45, 7) is 3.83. The van der Waals surface area contributed by atoms with Crippen molar-refractivity contribution < 1.29 is 19.1 Å². The van der Waals surface area contributed by atoms with Crippen LogP contribution in [0.15, 0.2) is 54.6 Å². The van der Waals surface area contributed by atoms with E-state index in [1.165, 1.54) is 7.11 Å². The highest BCUT2D eigenvalue weighted by Crippen LogP contribution is 2.13. The third kappa shape index (κ3) is 7.25. The zero-order valence-electron chi connectivity index (χ0n) is 16.8. The van der Waals surface area contributed by atoms with Gasteiger partial charge in [-0.05, 0) is 35.6 Å². The summed E-state index contributed by atoms with van der Waals surface area (Å²) in [4.78, 5) is 36.1. The Hall–Kier alpha value is -3.41. The molecule has 6 heteroatoms. The minimum absolute atomic E-state index is 0.152. The van der Waals surface area contributed by atoms with E-state index >= 15 is 0 Å². The van der Waals surface area contributed by atoms with Crippen molar-refractivity contribution in [2.24, 2.45) is 5.92 Å². The number of hydrogen-bond donors (Lipinski definition) is 2. The Labute approximate surface area is 171 Å². The van der Waals surface area contributed by atoms with Crippen LogP contribution in [-0.4, -0.2) is 30.9 Å². The molecule has 2 N–H and O–H groups in total. The van der Waals surface area contributed by atoms with E-state index in [9.17, 15) is 14.4 Å². The smallest absolute Gasteiger partial charge is 0.328 e. The topological polar surface area (TPSA) is 84.5 Å². The number of carbonyl (C=O) groups is 3. The van der Waals surface area contributed by atoms with Crippen molar-refractivity contribution in [3.05, 3.63) is 65.7 Å². The molecule has 0 aliphatic carbocycles. The first-order valence-electron chi connectivity index (χ1n) is 9.42. The second-order valence-electron chi connectivity index (χ2n) is 7.00. The number of ether oxygens (including phenoxy) is 1. The van der Waals surface area contributed by atoms with E-state index in [1.807, 2.05) is 68.5 Å². The predicted molar refractivity (Wildman–Crippen MR) is 114 cm³/mol. The second kappa shape index (κ2) is 10.8. The lowest BCUT2D eigenvalue weighted by atomic mass is 10.0. The van der Waals surface area contributed by atoms with Gasteiger partial charge in [-0.2, -0.15) is 0 Å². The first-order valence-corrected chi connectivity index (χ1v) is 9.42. The van der Waals surface area contributed by atoms with Crippen LogP contribution in [0.25, 0.3) is 12.2 Å². The standard InChI is InChI=1S/C23H26N2O4/c1-16(2)15-20(23(28)29-3)25-22(27)21(26)24-19-13-11-18(12-14-19)10-9-17-7-5-4-6-8-17/h4-14,16,20H,15H2,1-3H3,(H,24,26)(H,25,27)/b10-9+/t20-/m0/s1. The van der Waals surface area contributed by atoms with Crippen molar-refractivity contribution in [3.8, 4) is 0 Å². The summed E-state index contributed by atoms with van der Waals surface area (Å²) in [6, 6.07) is 16.1. The molecule has 0 fully saturated rings. The Balaban J connectivity index is 1.94. The Bertz CT molecular complexity index is 858. The molecule has 0 saturated heterocycles. The molecule has 2 amide bonds. The maximum Gasteiger partial charge on any atom is 0.328 e. The van der Waals surface area contributed by atoms with Crippen LogP contribution in [0.5, 0.6) is 0 Å². The van der Waals surface area contributed by atoms with Crippen molar-refractivity contribution >= 4 is 35.6 Å². The normalized spacial score (nSPS) is 11.9. The van der Waals surface area contributed by atoms with Gasteiger partial charge in [-0.3, -0.25) is 9.59 Å². The lowest BCUT2D eigenvalue weighted by molar-refractivity contribution is -0.146. The number of amides is 2. The number of anilines is 1. The maximum absolute atomic E-state index is 12.2. The molecule has 0 saturated carbocycles. The molecule has 0 radical (unpaired) electrons. The highest BCUT2D eigenvalue weighted by Gasteiger charge is 2.25. The van der Waals surface area contributed by atoms with E-state index < -0.39 is 23.8 Å². The van der Waals surface area contributed by atoms with Gasteiger partial charge in [0.2, 0.25) is 0 Å². The minimum Gasteiger partial charge on any atom is -0.467 e. The number of hydrogen-bond acceptors (Lipinski definition) is 4. The van der Waals surface area contributed by atoms with Gasteiger partial charge in [0.15, 0.2) is 0 Å². The molecule has 152 valence electrons. The Morgan fingerprint density at radius 1 is 0.897 bits per heavy atom. The molecule has 2 aromatic carbocycles. The molecule has 0 aliphatic heterocycles. The SMILES string of the molecule is COC(=O)[C@H](CC(C)C)NC(=O)C(=O)Nc1ccc(/C=C/c2ccccc2)cc1. The fourth-order valence-electron chi connectivity index (χ4n) is 2.67. The third-order valence-corrected chi connectivity index (χ3v) is 4.14. The zero-order valence-corrected chi connectivity index (χ0v) is 16.8. The second-order valence-corrected chi connectivity index (χ2v) is 7.00. The molecule has 29 heavy (non-hydrogen) atoms. The van der Waals surface area contributed by atoms with Crippen molar-refractivity contribution in [2.75, 3.05) is 12.4 Å². The highest BCUT2D eigenvalue weighted by molar-refractivity contribution is 6.40. The summed E-state index contributed by atoms with van der Waals surface area (Å²) in [5.74, 6) is -2.14. The number of carbonyl (C=O) groups excluding carboxylic acids is 3. The molecule has 0 heterocycles. The summed E-state index contributed by atoms with van der Waals surface area (Å²) in [7, 11) is 1.25. The zero-order chi connectivity index (χ0) is 21.2. The summed E-state index contributed by atoms with van der Waals surface area (Å²) < 4.78 is 4.69. The number of esters is 1. The summed E-state index contributed by atoms with van der Waals surface area (Å²) in [5, 5.41) is 4.96. The van der Waals surface area contributed by atoms with E-state index in [4.69, 9.17) is 0 Å². The average molecular weight is 394 g/mol. The van der Waals surface area contributed by atoms with Gasteiger partial charge in [0.05, 0.1) is 7.11 Å². The van der Waals surface area contributed by atoms with Crippen LogP contribution in [0.2, 0.25) is 0 Å². The van der Waals surface area contributed by atoms with Crippen LogP contribution in [0.3, 0.4) is 0 Å². The summed E-state index contributed by atoms with van der Waals surface area (Å²) in [5.41, 5.74) is 2.53. The fraction of sp³-hybridized carbons (Fsp3) is 0.261. The van der Waals surface area contributed by atoms with Gasteiger partial charge < -0.3 is 15.4 Å². The molecule has 1 atom stereocenters. The number of benzene rings is 2. The largest absolute Gasteiger partial charge is 0.467 e. The van der Waals surface area contributed by atoms with E-state index in [1.54, 1.807) is 12.1 Å². The molecule has 0 aliphatic rings. The number of nitrogens with one attached hydrogen (secondary N) is 2. The molecule has 6 nitrogen and oxygen atoms in total. The van der Waals surface area contributed by atoms with Gasteiger partial charge in [-0.15, -0.1) is 0 Å². The molecular formula is C23H26N2O4. The van der Waals surface area contributed by atoms with Gasteiger partial charge >= 0.3 is 17.8 Å². The lowest BCUT2D eigenvalue weighted by Gasteiger charge is -2.18. The van der Waals surface area contributed by atoms with E-state index in [-0.39, 0.29) is 5.92 Å². The molecule has 2 aromatic rings. The summed E-state index contributed by atoms with van der Waals surface area (Å²) >= 11 is 0. The Morgan fingerprint density at radius 3 is 2.03 bits per heavy atom. The third-order valence-electron chi connectivity index (χ3n) is 4.14. The monoisotopic (exact) mass is 394 g/mol. The van der Waals surface area contributed by atoms with E-state index in [0.29, 0.717) is 12.1 Å². The minimum atomic E-state index is -0.880. The number of methoxy groups -OCH3 is 1. The summed E-state index contributed by atoms with van der Waals surface area (Å²) in [6.07, 6.45) is 4.33. The molecule has 0 unspecified atom stereocenters. The van der Waals surface area contributed by atoms with Crippen molar-refractivity contribution in [3.63, 3.8) is 0 Å². The van der Waals surface area contributed by atoms with Crippen molar-refractivity contribution in [1.82, 2.24) is 5.32 Å². The Kier molecular flexibility index (Phi) is 8.15. The van der Waals surface area contributed by atoms with Crippen molar-refractivity contribution in [2.45, 2.75) is 26.3 Å². The molecular weight excluding hydrogens is 368 g/mol. The average Bonchev–Trinajstić information content (AvgIpc) is 2.72. The van der Waals surface area contributed by atoms with Crippen LogP contribution < -0.4 is 10.6 Å². The molecule has 0 bridgehead atoms. The highest BCUT2D eigenvalue weighted by atomic mass is 16.5. The van der Waals surface area contributed by atoms with Crippen LogP contribution in [0.4, 0.5) is 5.69 Å². The van der Waals surface area contributed by atoms with Crippen LogP contribution in [0, 0.1) is 5.92 Å². The van der Waals surface area contributed by atoms with Crippen LogP contribution >= 0.6 is 0 Å². The molecule has 0 aromatic heterocycles.